The van der Waals surface area contributed by atoms with Gasteiger partial charge in [-0.25, -0.2) is 19.3 Å². The van der Waals surface area contributed by atoms with Crippen molar-refractivity contribution < 1.29 is 13.9 Å². The zero-order valence-corrected chi connectivity index (χ0v) is 20.6. The molecule has 3 aliphatic rings. The maximum absolute atomic E-state index is 15.4. The molecule has 9 nitrogen and oxygen atoms in total. The number of imidazole rings is 1. The zero-order chi connectivity index (χ0) is 24.8. The summed E-state index contributed by atoms with van der Waals surface area (Å²) in [5, 5.41) is 0. The van der Waals surface area contributed by atoms with Crippen molar-refractivity contribution in [3.05, 3.63) is 53.5 Å². The Hall–Kier alpha value is -3.66. The SMILES string of the molecule is COc1nc(C)c2nc(-c3cnc(C)nc3)n(Cc3ccc(O[C@@H]4CN5CCC4CC5)cc3F)c2n1. The number of halogens is 1. The van der Waals surface area contributed by atoms with E-state index < -0.39 is 0 Å². The molecule has 186 valence electrons. The predicted octanol–water partition coefficient (Wildman–Crippen LogP) is 3.57. The second-order valence-corrected chi connectivity index (χ2v) is 9.56. The summed E-state index contributed by atoms with van der Waals surface area (Å²) in [5.74, 6) is 2.02. The van der Waals surface area contributed by atoms with Gasteiger partial charge in [-0.3, -0.25) is 4.90 Å². The molecule has 6 heterocycles. The summed E-state index contributed by atoms with van der Waals surface area (Å²) >= 11 is 0. The van der Waals surface area contributed by atoms with E-state index in [4.69, 9.17) is 14.5 Å². The maximum Gasteiger partial charge on any atom is 0.318 e. The van der Waals surface area contributed by atoms with E-state index >= 15 is 4.39 Å². The average Bonchev–Trinajstić information content (AvgIpc) is 3.25. The summed E-state index contributed by atoms with van der Waals surface area (Å²) in [4.78, 5) is 24.7. The van der Waals surface area contributed by atoms with E-state index in [0.717, 1.165) is 32.5 Å². The monoisotopic (exact) mass is 489 g/mol. The Labute approximate surface area is 208 Å². The van der Waals surface area contributed by atoms with Crippen LogP contribution in [0.2, 0.25) is 0 Å². The van der Waals surface area contributed by atoms with Crippen molar-refractivity contribution in [2.75, 3.05) is 26.7 Å². The largest absolute Gasteiger partial charge is 0.489 e. The van der Waals surface area contributed by atoms with Gasteiger partial charge in [0.05, 0.1) is 24.9 Å². The molecular weight excluding hydrogens is 461 g/mol. The Balaban J connectivity index is 1.35. The Morgan fingerprint density at radius 1 is 1.06 bits per heavy atom. The number of aromatic nitrogens is 6. The highest BCUT2D eigenvalue weighted by atomic mass is 19.1. The van der Waals surface area contributed by atoms with Crippen LogP contribution in [0.25, 0.3) is 22.6 Å². The van der Waals surface area contributed by atoms with Gasteiger partial charge in [-0.05, 0) is 51.8 Å². The molecule has 36 heavy (non-hydrogen) atoms. The van der Waals surface area contributed by atoms with Crippen molar-refractivity contribution in [3.63, 3.8) is 0 Å². The number of piperidine rings is 3. The van der Waals surface area contributed by atoms with E-state index in [2.05, 4.69) is 24.8 Å². The summed E-state index contributed by atoms with van der Waals surface area (Å²) in [5.41, 5.74) is 3.06. The van der Waals surface area contributed by atoms with E-state index in [1.54, 1.807) is 18.5 Å². The molecule has 3 saturated heterocycles. The molecule has 10 heteroatoms. The zero-order valence-electron chi connectivity index (χ0n) is 20.6. The molecule has 7 rings (SSSR count). The molecule has 0 N–H and O–H groups in total. The number of hydrogen-bond acceptors (Lipinski definition) is 8. The highest BCUT2D eigenvalue weighted by Crippen LogP contribution is 2.32. The number of ether oxygens (including phenoxy) is 2. The van der Waals surface area contributed by atoms with Gasteiger partial charge >= 0.3 is 6.01 Å². The van der Waals surface area contributed by atoms with Crippen LogP contribution in [0.1, 0.15) is 29.9 Å². The van der Waals surface area contributed by atoms with E-state index in [9.17, 15) is 0 Å². The third kappa shape index (κ3) is 4.15. The lowest BCUT2D eigenvalue weighted by Crippen LogP contribution is -2.52. The molecule has 0 amide bonds. The molecular formula is C26H28FN7O2. The highest BCUT2D eigenvalue weighted by molar-refractivity contribution is 5.79. The number of methoxy groups -OCH3 is 1. The van der Waals surface area contributed by atoms with E-state index in [1.165, 1.54) is 13.2 Å². The third-order valence-electron chi connectivity index (χ3n) is 7.21. The fraction of sp³-hybridized carbons (Fsp3) is 0.423. The van der Waals surface area contributed by atoms with E-state index in [1.807, 2.05) is 24.5 Å². The molecule has 3 aliphatic heterocycles. The smallest absolute Gasteiger partial charge is 0.318 e. The Morgan fingerprint density at radius 2 is 1.83 bits per heavy atom. The first-order chi connectivity index (χ1) is 17.5. The minimum atomic E-state index is -0.334. The molecule has 3 aromatic heterocycles. The van der Waals surface area contributed by atoms with Crippen LogP contribution < -0.4 is 9.47 Å². The van der Waals surface area contributed by atoms with Crippen molar-refractivity contribution in [3.8, 4) is 23.1 Å². The van der Waals surface area contributed by atoms with Crippen LogP contribution in [0.15, 0.2) is 30.6 Å². The van der Waals surface area contributed by atoms with Gasteiger partial charge in [-0.1, -0.05) is 6.07 Å². The lowest BCUT2D eigenvalue weighted by atomic mass is 9.86. The lowest BCUT2D eigenvalue weighted by Gasteiger charge is -2.44. The van der Waals surface area contributed by atoms with Crippen molar-refractivity contribution >= 4 is 11.2 Å². The average molecular weight is 490 g/mol. The molecule has 0 saturated carbocycles. The highest BCUT2D eigenvalue weighted by Gasteiger charge is 2.35. The minimum absolute atomic E-state index is 0.121. The maximum atomic E-state index is 15.4. The van der Waals surface area contributed by atoms with E-state index in [0.29, 0.717) is 51.3 Å². The van der Waals surface area contributed by atoms with Crippen molar-refractivity contribution in [2.45, 2.75) is 39.3 Å². The summed E-state index contributed by atoms with van der Waals surface area (Å²) in [6, 6.07) is 5.35. The van der Waals surface area contributed by atoms with Gasteiger partial charge in [-0.15, -0.1) is 0 Å². The molecule has 1 aromatic carbocycles. The van der Waals surface area contributed by atoms with Gasteiger partial charge in [0, 0.05) is 30.6 Å². The lowest BCUT2D eigenvalue weighted by molar-refractivity contribution is -0.00789. The van der Waals surface area contributed by atoms with Gasteiger partial charge in [0.15, 0.2) is 5.65 Å². The molecule has 1 atom stereocenters. The van der Waals surface area contributed by atoms with Gasteiger partial charge in [0.25, 0.3) is 0 Å². The quantitative estimate of drug-likeness (QED) is 0.406. The summed E-state index contributed by atoms with van der Waals surface area (Å²) in [6.07, 6.45) is 5.84. The van der Waals surface area contributed by atoms with E-state index in [-0.39, 0.29) is 24.5 Å². The van der Waals surface area contributed by atoms with Crippen LogP contribution in [0, 0.1) is 25.6 Å². The molecule has 2 bridgehead atoms. The van der Waals surface area contributed by atoms with Crippen molar-refractivity contribution in [1.82, 2.24) is 34.4 Å². The number of hydrogen-bond donors (Lipinski definition) is 0. The summed E-state index contributed by atoms with van der Waals surface area (Å²) in [7, 11) is 1.52. The van der Waals surface area contributed by atoms with Crippen molar-refractivity contribution in [2.24, 2.45) is 5.92 Å². The van der Waals surface area contributed by atoms with Crippen LogP contribution in [-0.4, -0.2) is 67.2 Å². The standard InChI is InChI=1S/C26H28FN7O2/c1-15-23-25(32-26(30-15)35-3)34(24(31-23)19-11-28-16(2)29-12-19)13-18-4-5-20(10-21(18)27)36-22-14-33-8-6-17(22)7-9-33/h4-5,10-12,17,22H,6-9,13-14H2,1-3H3/t22-/m1/s1. The van der Waals surface area contributed by atoms with Gasteiger partial charge in [-0.2, -0.15) is 9.97 Å². The fourth-order valence-electron chi connectivity index (χ4n) is 5.20. The summed E-state index contributed by atoms with van der Waals surface area (Å²) < 4.78 is 28.8. The number of fused-ring (bicyclic) bond motifs is 4. The first kappa shape index (κ1) is 22.8. The number of aryl methyl sites for hydroxylation is 2. The Bertz CT molecular complexity index is 1410. The number of nitrogens with zero attached hydrogens (tertiary/aromatic N) is 7. The molecule has 0 spiro atoms. The van der Waals surface area contributed by atoms with Crippen LogP contribution >= 0.6 is 0 Å². The molecule has 4 aromatic rings. The van der Waals surface area contributed by atoms with Crippen LogP contribution in [0.5, 0.6) is 11.8 Å². The second-order valence-electron chi connectivity index (χ2n) is 9.56. The third-order valence-corrected chi connectivity index (χ3v) is 7.21. The number of benzene rings is 1. The first-order valence-corrected chi connectivity index (χ1v) is 12.2. The predicted molar refractivity (Wildman–Crippen MR) is 131 cm³/mol. The van der Waals surface area contributed by atoms with Crippen LogP contribution in [0.3, 0.4) is 0 Å². The van der Waals surface area contributed by atoms with Crippen LogP contribution in [-0.2, 0) is 6.54 Å². The molecule has 0 radical (unpaired) electrons. The van der Waals surface area contributed by atoms with Gasteiger partial charge in [0.1, 0.15) is 34.8 Å². The topological polar surface area (TPSA) is 91.1 Å². The Morgan fingerprint density at radius 3 is 2.50 bits per heavy atom. The minimum Gasteiger partial charge on any atom is -0.489 e. The molecule has 0 aliphatic carbocycles. The normalized spacial score (nSPS) is 21.2. The Kier molecular flexibility index (Phi) is 5.75. The molecule has 3 fully saturated rings. The second kappa shape index (κ2) is 9.09. The summed E-state index contributed by atoms with van der Waals surface area (Å²) in [6.45, 7) is 7.07. The first-order valence-electron chi connectivity index (χ1n) is 12.2. The van der Waals surface area contributed by atoms with Gasteiger partial charge in [0.2, 0.25) is 0 Å². The van der Waals surface area contributed by atoms with Crippen LogP contribution in [0.4, 0.5) is 4.39 Å². The van der Waals surface area contributed by atoms with Crippen molar-refractivity contribution in [1.29, 1.82) is 0 Å². The number of rotatable bonds is 6. The molecule has 0 unspecified atom stereocenters. The van der Waals surface area contributed by atoms with Gasteiger partial charge < -0.3 is 14.0 Å². The fourth-order valence-corrected chi connectivity index (χ4v) is 5.20.